The van der Waals surface area contributed by atoms with Gasteiger partial charge in [-0.15, -0.1) is 0 Å². The normalized spacial score (nSPS) is 12.4. The fourth-order valence-electron chi connectivity index (χ4n) is 3.87. The molecule has 31 heavy (non-hydrogen) atoms. The average molecular weight is 467 g/mol. The minimum absolute atomic E-state index is 0.0517. The molecular formula is C25H18Cl3N3. The molecule has 3 aromatic carbocycles. The Hall–Kier alpha value is -2.72. The zero-order valence-corrected chi connectivity index (χ0v) is 18.9. The Bertz CT molecular complexity index is 1370. The lowest BCUT2D eigenvalue weighted by Gasteiger charge is -2.18. The van der Waals surface area contributed by atoms with Crippen LogP contribution in [0.4, 0.5) is 0 Å². The number of halogens is 3. The van der Waals surface area contributed by atoms with E-state index in [1.54, 1.807) is 0 Å². The standard InChI is InChI=1S/C25H18Cl3N3/c1-15(16-2-7-19(26)8-3-16)31-14-29-24(17-4-9-20(27)10-5-17)25(31)23-12-18-6-11-21(28)13-22(18)30-23/h2-15,30H,1H3. The van der Waals surface area contributed by atoms with Crippen molar-refractivity contribution in [3.8, 4) is 22.6 Å². The lowest BCUT2D eigenvalue weighted by Crippen LogP contribution is -2.07. The number of fused-ring (bicyclic) bond motifs is 1. The van der Waals surface area contributed by atoms with E-state index in [1.807, 2.05) is 73.1 Å². The molecule has 6 heteroatoms. The van der Waals surface area contributed by atoms with Crippen LogP contribution in [-0.4, -0.2) is 14.5 Å². The first-order chi connectivity index (χ1) is 15.0. The van der Waals surface area contributed by atoms with Gasteiger partial charge in [-0.3, -0.25) is 0 Å². The summed E-state index contributed by atoms with van der Waals surface area (Å²) in [5, 5.41) is 3.20. The van der Waals surface area contributed by atoms with Crippen LogP contribution in [0.3, 0.4) is 0 Å². The van der Waals surface area contributed by atoms with Crippen molar-refractivity contribution < 1.29 is 0 Å². The summed E-state index contributed by atoms with van der Waals surface area (Å²) in [6.07, 6.45) is 1.89. The SMILES string of the molecule is CC(c1ccc(Cl)cc1)n1cnc(-c2ccc(Cl)cc2)c1-c1cc2ccc(Cl)cc2[nH]1. The van der Waals surface area contributed by atoms with Gasteiger partial charge in [0.2, 0.25) is 0 Å². The minimum Gasteiger partial charge on any atom is -0.353 e. The van der Waals surface area contributed by atoms with Gasteiger partial charge in [0.1, 0.15) is 0 Å². The molecule has 0 spiro atoms. The second-order valence-corrected chi connectivity index (χ2v) is 8.81. The summed E-state index contributed by atoms with van der Waals surface area (Å²) in [5.74, 6) is 0. The molecule has 5 rings (SSSR count). The smallest absolute Gasteiger partial charge is 0.0978 e. The number of hydrogen-bond acceptors (Lipinski definition) is 1. The molecule has 0 radical (unpaired) electrons. The maximum absolute atomic E-state index is 6.21. The van der Waals surface area contributed by atoms with E-state index in [9.17, 15) is 0 Å². The molecule has 0 bridgehead atoms. The van der Waals surface area contributed by atoms with E-state index in [-0.39, 0.29) is 6.04 Å². The summed E-state index contributed by atoms with van der Waals surface area (Å²) < 4.78 is 2.18. The largest absolute Gasteiger partial charge is 0.353 e. The second-order valence-electron chi connectivity index (χ2n) is 7.50. The first-order valence-electron chi connectivity index (χ1n) is 9.86. The average Bonchev–Trinajstić information content (AvgIpc) is 3.38. The van der Waals surface area contributed by atoms with Crippen LogP contribution >= 0.6 is 34.8 Å². The third-order valence-corrected chi connectivity index (χ3v) is 6.26. The summed E-state index contributed by atoms with van der Waals surface area (Å²) in [5.41, 5.74) is 5.98. The highest BCUT2D eigenvalue weighted by Crippen LogP contribution is 2.36. The Morgan fingerprint density at radius 1 is 0.806 bits per heavy atom. The molecule has 2 aromatic heterocycles. The summed E-state index contributed by atoms with van der Waals surface area (Å²) in [6.45, 7) is 2.15. The van der Waals surface area contributed by atoms with Gasteiger partial charge < -0.3 is 9.55 Å². The summed E-state index contributed by atoms with van der Waals surface area (Å²) >= 11 is 18.4. The molecule has 0 saturated heterocycles. The third kappa shape index (κ3) is 3.85. The van der Waals surface area contributed by atoms with E-state index < -0.39 is 0 Å². The number of H-pyrrole nitrogens is 1. The van der Waals surface area contributed by atoms with Crippen LogP contribution in [0, 0.1) is 0 Å². The monoisotopic (exact) mass is 465 g/mol. The van der Waals surface area contributed by atoms with Gasteiger partial charge in [-0.05, 0) is 55.0 Å². The van der Waals surface area contributed by atoms with E-state index >= 15 is 0 Å². The summed E-state index contributed by atoms with van der Waals surface area (Å²) in [6, 6.07) is 23.7. The topological polar surface area (TPSA) is 33.6 Å². The number of nitrogens with one attached hydrogen (secondary N) is 1. The van der Waals surface area contributed by atoms with Crippen molar-refractivity contribution in [2.45, 2.75) is 13.0 Å². The number of benzene rings is 3. The molecule has 1 unspecified atom stereocenters. The number of hydrogen-bond donors (Lipinski definition) is 1. The van der Waals surface area contributed by atoms with Crippen LogP contribution in [0.25, 0.3) is 33.5 Å². The van der Waals surface area contributed by atoms with Gasteiger partial charge in [-0.2, -0.15) is 0 Å². The molecule has 1 N–H and O–H groups in total. The van der Waals surface area contributed by atoms with E-state index in [0.717, 1.165) is 44.1 Å². The number of rotatable bonds is 4. The molecule has 5 aromatic rings. The molecule has 0 amide bonds. The Morgan fingerprint density at radius 3 is 2.16 bits per heavy atom. The van der Waals surface area contributed by atoms with Crippen LogP contribution in [0.1, 0.15) is 18.5 Å². The van der Waals surface area contributed by atoms with Crippen molar-refractivity contribution in [1.29, 1.82) is 0 Å². The van der Waals surface area contributed by atoms with Crippen LogP contribution in [0.15, 0.2) is 79.1 Å². The zero-order chi connectivity index (χ0) is 21.5. The molecule has 0 aliphatic carbocycles. The predicted octanol–water partition coefficient (Wildman–Crippen LogP) is 8.27. The predicted molar refractivity (Wildman–Crippen MR) is 130 cm³/mol. The van der Waals surface area contributed by atoms with Crippen molar-refractivity contribution in [3.63, 3.8) is 0 Å². The molecule has 1 atom stereocenters. The molecule has 0 fully saturated rings. The number of imidazole rings is 1. The van der Waals surface area contributed by atoms with Crippen LogP contribution < -0.4 is 0 Å². The Morgan fingerprint density at radius 2 is 1.45 bits per heavy atom. The lowest BCUT2D eigenvalue weighted by molar-refractivity contribution is 0.644. The van der Waals surface area contributed by atoms with Gasteiger partial charge in [0.05, 0.1) is 29.5 Å². The zero-order valence-electron chi connectivity index (χ0n) is 16.6. The molecule has 3 nitrogen and oxygen atoms in total. The fourth-order valence-corrected chi connectivity index (χ4v) is 4.29. The van der Waals surface area contributed by atoms with Crippen molar-refractivity contribution >= 4 is 45.7 Å². The summed E-state index contributed by atoms with van der Waals surface area (Å²) in [4.78, 5) is 8.32. The highest BCUT2D eigenvalue weighted by molar-refractivity contribution is 6.31. The van der Waals surface area contributed by atoms with E-state index in [4.69, 9.17) is 39.8 Å². The van der Waals surface area contributed by atoms with Crippen LogP contribution in [0.2, 0.25) is 15.1 Å². The van der Waals surface area contributed by atoms with Gasteiger partial charge in [0.25, 0.3) is 0 Å². The van der Waals surface area contributed by atoms with Crippen LogP contribution in [0.5, 0.6) is 0 Å². The summed E-state index contributed by atoms with van der Waals surface area (Å²) in [7, 11) is 0. The third-order valence-electron chi connectivity index (χ3n) is 5.52. The Kier molecular flexibility index (Phi) is 5.27. The molecule has 0 saturated carbocycles. The maximum atomic E-state index is 6.21. The molecule has 0 aliphatic heterocycles. The van der Waals surface area contributed by atoms with E-state index in [1.165, 1.54) is 0 Å². The molecular weight excluding hydrogens is 449 g/mol. The Balaban J connectivity index is 1.71. The first kappa shape index (κ1) is 20.2. The highest BCUT2D eigenvalue weighted by atomic mass is 35.5. The van der Waals surface area contributed by atoms with Crippen molar-refractivity contribution in [2.24, 2.45) is 0 Å². The fraction of sp³-hybridized carbons (Fsp3) is 0.0800. The van der Waals surface area contributed by atoms with Gasteiger partial charge >= 0.3 is 0 Å². The van der Waals surface area contributed by atoms with Crippen molar-refractivity contribution in [3.05, 3.63) is 99.8 Å². The molecule has 154 valence electrons. The molecule has 0 aliphatic rings. The van der Waals surface area contributed by atoms with Crippen molar-refractivity contribution in [2.75, 3.05) is 0 Å². The molecule has 2 heterocycles. The van der Waals surface area contributed by atoms with Gasteiger partial charge in [-0.25, -0.2) is 4.98 Å². The van der Waals surface area contributed by atoms with Gasteiger partial charge in [0.15, 0.2) is 0 Å². The Labute approximate surface area is 195 Å². The number of aromatic nitrogens is 3. The van der Waals surface area contributed by atoms with Crippen LogP contribution in [-0.2, 0) is 0 Å². The van der Waals surface area contributed by atoms with Gasteiger partial charge in [-0.1, -0.05) is 65.1 Å². The first-order valence-corrected chi connectivity index (χ1v) is 11.0. The number of nitrogens with zero attached hydrogens (tertiary/aromatic N) is 2. The number of aromatic amines is 1. The lowest BCUT2D eigenvalue weighted by atomic mass is 10.1. The van der Waals surface area contributed by atoms with E-state index in [0.29, 0.717) is 10.0 Å². The quantitative estimate of drug-likeness (QED) is 0.284. The van der Waals surface area contributed by atoms with Gasteiger partial charge in [0, 0.05) is 31.5 Å². The second kappa shape index (κ2) is 8.08. The van der Waals surface area contributed by atoms with Crippen molar-refractivity contribution in [1.82, 2.24) is 14.5 Å². The maximum Gasteiger partial charge on any atom is 0.0978 e. The van der Waals surface area contributed by atoms with E-state index in [2.05, 4.69) is 22.5 Å². The minimum atomic E-state index is 0.0517. The highest BCUT2D eigenvalue weighted by Gasteiger charge is 2.21.